The second kappa shape index (κ2) is 4.59. The molecular formula is C11H15N3O4. The highest BCUT2D eigenvalue weighted by molar-refractivity contribution is 5.82. The Morgan fingerprint density at radius 1 is 1.50 bits per heavy atom. The number of nitrogens with zero attached hydrogens (tertiary/aromatic N) is 3. The summed E-state index contributed by atoms with van der Waals surface area (Å²) in [5, 5.41) is 19.8. The number of hydrogen-bond acceptors (Lipinski definition) is 5. The Kier molecular flexibility index (Phi) is 3.54. The van der Waals surface area contributed by atoms with Crippen LogP contribution in [0.1, 0.15) is 19.5 Å². The summed E-state index contributed by atoms with van der Waals surface area (Å²) in [5.74, 6) is -0.617. The van der Waals surface area contributed by atoms with E-state index in [1.165, 1.54) is 37.8 Å². The molecule has 0 spiro atoms. The Bertz CT molecular complexity index is 499. The lowest BCUT2D eigenvalue weighted by Crippen LogP contribution is -2.48. The summed E-state index contributed by atoms with van der Waals surface area (Å²) in [6.07, 6.45) is 0. The molecule has 0 aliphatic carbocycles. The van der Waals surface area contributed by atoms with Gasteiger partial charge in [-0.1, -0.05) is 0 Å². The molecule has 0 unspecified atom stereocenters. The van der Waals surface area contributed by atoms with Gasteiger partial charge in [0, 0.05) is 13.1 Å². The van der Waals surface area contributed by atoms with Gasteiger partial charge in [0.2, 0.25) is 0 Å². The van der Waals surface area contributed by atoms with Gasteiger partial charge in [-0.05, 0) is 26.8 Å². The lowest BCUT2D eigenvalue weighted by molar-refractivity contribution is -0.385. The van der Waals surface area contributed by atoms with Crippen LogP contribution in [0, 0.1) is 17.0 Å². The number of carbonyl (C=O) groups is 1. The molecule has 0 bridgehead atoms. The molecule has 0 aliphatic rings. The van der Waals surface area contributed by atoms with Gasteiger partial charge in [-0.3, -0.25) is 10.1 Å². The number of anilines is 1. The zero-order valence-corrected chi connectivity index (χ0v) is 10.7. The summed E-state index contributed by atoms with van der Waals surface area (Å²) in [6, 6.07) is 2.77. The van der Waals surface area contributed by atoms with E-state index in [2.05, 4.69) is 4.98 Å². The van der Waals surface area contributed by atoms with E-state index in [4.69, 9.17) is 5.11 Å². The molecule has 1 N–H and O–H groups in total. The fourth-order valence-electron chi connectivity index (χ4n) is 1.35. The van der Waals surface area contributed by atoms with Gasteiger partial charge in [0.05, 0.1) is 4.92 Å². The lowest BCUT2D eigenvalue weighted by atomic mass is 10.0. The van der Waals surface area contributed by atoms with E-state index in [9.17, 15) is 14.9 Å². The van der Waals surface area contributed by atoms with E-state index < -0.39 is 16.4 Å². The highest BCUT2D eigenvalue weighted by Gasteiger charge is 2.33. The van der Waals surface area contributed by atoms with Crippen LogP contribution in [0.15, 0.2) is 12.1 Å². The molecule has 98 valence electrons. The monoisotopic (exact) mass is 253 g/mol. The number of aromatic nitrogens is 1. The first-order chi connectivity index (χ1) is 8.17. The molecule has 18 heavy (non-hydrogen) atoms. The van der Waals surface area contributed by atoms with Crippen LogP contribution in [-0.4, -0.2) is 33.6 Å². The van der Waals surface area contributed by atoms with E-state index in [1.54, 1.807) is 7.05 Å². The molecular weight excluding hydrogens is 238 g/mol. The first kappa shape index (κ1) is 13.9. The van der Waals surface area contributed by atoms with Crippen LogP contribution < -0.4 is 4.90 Å². The second-order valence-corrected chi connectivity index (χ2v) is 4.45. The Morgan fingerprint density at radius 3 is 2.44 bits per heavy atom. The molecule has 7 heteroatoms. The number of hydrogen-bond donors (Lipinski definition) is 1. The van der Waals surface area contributed by atoms with Crippen molar-refractivity contribution in [3.05, 3.63) is 27.9 Å². The number of pyridine rings is 1. The van der Waals surface area contributed by atoms with Crippen LogP contribution in [-0.2, 0) is 4.79 Å². The molecule has 0 fully saturated rings. The number of nitro groups is 1. The van der Waals surface area contributed by atoms with Gasteiger partial charge in [0.25, 0.3) is 5.69 Å². The van der Waals surface area contributed by atoms with E-state index in [-0.39, 0.29) is 11.4 Å². The minimum absolute atomic E-state index is 0.0831. The largest absolute Gasteiger partial charge is 0.480 e. The molecule has 1 rings (SSSR count). The third kappa shape index (κ3) is 2.39. The lowest BCUT2D eigenvalue weighted by Gasteiger charge is -2.32. The Labute approximate surface area is 104 Å². The van der Waals surface area contributed by atoms with Crippen molar-refractivity contribution >= 4 is 17.5 Å². The zero-order valence-electron chi connectivity index (χ0n) is 10.7. The first-order valence-corrected chi connectivity index (χ1v) is 5.27. The van der Waals surface area contributed by atoms with Gasteiger partial charge in [-0.2, -0.15) is 0 Å². The van der Waals surface area contributed by atoms with Gasteiger partial charge in [0.1, 0.15) is 17.1 Å². The average molecular weight is 253 g/mol. The SMILES string of the molecule is Cc1nc(N(C)C(C)(C)C(=O)O)ccc1[N+](=O)[O-]. The second-order valence-electron chi connectivity index (χ2n) is 4.45. The number of aryl methyl sites for hydroxylation is 1. The molecule has 0 saturated heterocycles. The number of likely N-dealkylation sites (N-methyl/N-ethyl adjacent to an activating group) is 1. The minimum Gasteiger partial charge on any atom is -0.480 e. The summed E-state index contributed by atoms with van der Waals surface area (Å²) < 4.78 is 0. The van der Waals surface area contributed by atoms with Crippen LogP contribution in [0.5, 0.6) is 0 Å². The number of carboxylic acid groups (broad SMARTS) is 1. The van der Waals surface area contributed by atoms with Gasteiger partial charge < -0.3 is 10.0 Å². The van der Waals surface area contributed by atoms with Crippen LogP contribution in [0.2, 0.25) is 0 Å². The first-order valence-electron chi connectivity index (χ1n) is 5.27. The van der Waals surface area contributed by atoms with Crippen LogP contribution in [0.25, 0.3) is 0 Å². The zero-order chi connectivity index (χ0) is 14.1. The van der Waals surface area contributed by atoms with Gasteiger partial charge in [-0.25, -0.2) is 9.78 Å². The van der Waals surface area contributed by atoms with Crippen molar-refractivity contribution in [3.63, 3.8) is 0 Å². The average Bonchev–Trinajstić information content (AvgIpc) is 2.26. The van der Waals surface area contributed by atoms with Crippen molar-refractivity contribution in [3.8, 4) is 0 Å². The minimum atomic E-state index is -1.14. The maximum atomic E-state index is 11.1. The normalized spacial score (nSPS) is 11.1. The fourth-order valence-corrected chi connectivity index (χ4v) is 1.35. The Hall–Kier alpha value is -2.18. The van der Waals surface area contributed by atoms with Crippen LogP contribution in [0.3, 0.4) is 0 Å². The highest BCUT2D eigenvalue weighted by Crippen LogP contribution is 2.24. The predicted molar refractivity (Wildman–Crippen MR) is 65.7 cm³/mol. The standard InChI is InChI=1S/C11H15N3O4/c1-7-8(14(17)18)5-6-9(12-7)13(4)11(2,3)10(15)16/h5-6H,1-4H3,(H,15,16). The maximum Gasteiger partial charge on any atom is 0.328 e. The van der Waals surface area contributed by atoms with Gasteiger partial charge >= 0.3 is 5.97 Å². The third-order valence-electron chi connectivity index (χ3n) is 2.95. The molecule has 7 nitrogen and oxygen atoms in total. The number of rotatable bonds is 4. The molecule has 0 aromatic carbocycles. The maximum absolute atomic E-state index is 11.1. The van der Waals surface area contributed by atoms with Crippen molar-refractivity contribution in [2.45, 2.75) is 26.3 Å². The van der Waals surface area contributed by atoms with Crippen molar-refractivity contribution in [1.82, 2.24) is 4.98 Å². The molecule has 1 heterocycles. The fraction of sp³-hybridized carbons (Fsp3) is 0.455. The number of carboxylic acids is 1. The number of aliphatic carboxylic acids is 1. The smallest absolute Gasteiger partial charge is 0.328 e. The molecule has 1 aromatic heterocycles. The molecule has 0 atom stereocenters. The predicted octanol–water partition coefficient (Wildman–Crippen LogP) is 1.60. The summed E-state index contributed by atoms with van der Waals surface area (Å²) in [7, 11) is 1.59. The van der Waals surface area contributed by atoms with E-state index >= 15 is 0 Å². The van der Waals surface area contributed by atoms with Crippen molar-refractivity contribution in [2.24, 2.45) is 0 Å². The summed E-state index contributed by atoms with van der Waals surface area (Å²) in [6.45, 7) is 4.59. The van der Waals surface area contributed by atoms with Crippen molar-refractivity contribution in [2.75, 3.05) is 11.9 Å². The Balaban J connectivity index is 3.16. The molecule has 1 aromatic rings. The summed E-state index contributed by atoms with van der Waals surface area (Å²) in [5.41, 5.74) is -0.971. The molecule has 0 saturated carbocycles. The molecule has 0 amide bonds. The third-order valence-corrected chi connectivity index (χ3v) is 2.95. The van der Waals surface area contributed by atoms with Gasteiger partial charge in [-0.15, -0.1) is 0 Å². The highest BCUT2D eigenvalue weighted by atomic mass is 16.6. The topological polar surface area (TPSA) is 96.6 Å². The van der Waals surface area contributed by atoms with Crippen molar-refractivity contribution in [1.29, 1.82) is 0 Å². The quantitative estimate of drug-likeness (QED) is 0.646. The Morgan fingerprint density at radius 2 is 2.06 bits per heavy atom. The van der Waals surface area contributed by atoms with Crippen LogP contribution in [0.4, 0.5) is 11.5 Å². The van der Waals surface area contributed by atoms with Crippen molar-refractivity contribution < 1.29 is 14.8 Å². The van der Waals surface area contributed by atoms with Crippen LogP contribution >= 0.6 is 0 Å². The van der Waals surface area contributed by atoms with E-state index in [1.807, 2.05) is 0 Å². The summed E-state index contributed by atoms with van der Waals surface area (Å²) >= 11 is 0. The molecule has 0 aliphatic heterocycles. The molecule has 0 radical (unpaired) electrons. The van der Waals surface area contributed by atoms with Gasteiger partial charge in [0.15, 0.2) is 0 Å². The summed E-state index contributed by atoms with van der Waals surface area (Å²) in [4.78, 5) is 26.8. The van der Waals surface area contributed by atoms with E-state index in [0.29, 0.717) is 5.82 Å². The van der Waals surface area contributed by atoms with E-state index in [0.717, 1.165) is 0 Å².